The van der Waals surface area contributed by atoms with Gasteiger partial charge in [-0.15, -0.1) is 0 Å². The SMILES string of the molecule is C=C1NC(=O)/C(=C/c2ccc(OCC)c(OCCC)c2)[C@H]1C(=O)OCC. The van der Waals surface area contributed by atoms with Gasteiger partial charge in [-0.2, -0.15) is 0 Å². The third-order valence-electron chi connectivity index (χ3n) is 3.77. The molecule has 1 aromatic carbocycles. The standard InChI is InChI=1S/C20H25NO5/c1-5-10-26-17-12-14(8-9-16(17)24-6-2)11-15-18(20(23)25-7-3)13(4)21-19(15)22/h8-9,11-12,18H,4-7,10H2,1-3H3,(H,21,22)/b15-11+/t18-/m0/s1. The first-order valence-electron chi connectivity index (χ1n) is 8.79. The summed E-state index contributed by atoms with van der Waals surface area (Å²) in [5.74, 6) is -0.402. The molecule has 0 aromatic heterocycles. The van der Waals surface area contributed by atoms with Gasteiger partial charge in [0.15, 0.2) is 11.5 Å². The molecule has 6 nitrogen and oxygen atoms in total. The zero-order valence-electron chi connectivity index (χ0n) is 15.5. The molecule has 26 heavy (non-hydrogen) atoms. The second-order valence-electron chi connectivity index (χ2n) is 5.75. The van der Waals surface area contributed by atoms with Crippen LogP contribution in [0.3, 0.4) is 0 Å². The van der Waals surface area contributed by atoms with Gasteiger partial charge in [0.05, 0.1) is 19.8 Å². The van der Waals surface area contributed by atoms with Gasteiger partial charge in [0.2, 0.25) is 0 Å². The van der Waals surface area contributed by atoms with Crippen molar-refractivity contribution in [2.45, 2.75) is 27.2 Å². The lowest BCUT2D eigenvalue weighted by Gasteiger charge is -2.13. The van der Waals surface area contributed by atoms with Crippen molar-refractivity contribution in [3.05, 3.63) is 41.6 Å². The van der Waals surface area contributed by atoms with Gasteiger partial charge in [-0.05, 0) is 44.0 Å². The smallest absolute Gasteiger partial charge is 0.319 e. The summed E-state index contributed by atoms with van der Waals surface area (Å²) in [6.45, 7) is 10.7. The van der Waals surface area contributed by atoms with Crippen molar-refractivity contribution in [1.82, 2.24) is 5.32 Å². The van der Waals surface area contributed by atoms with Crippen LogP contribution in [0.2, 0.25) is 0 Å². The summed E-state index contributed by atoms with van der Waals surface area (Å²) in [6.07, 6.45) is 2.52. The number of nitrogens with one attached hydrogen (secondary N) is 1. The highest BCUT2D eigenvalue weighted by molar-refractivity contribution is 6.08. The Hall–Kier alpha value is -2.76. The molecule has 1 amide bonds. The third kappa shape index (κ3) is 4.45. The van der Waals surface area contributed by atoms with E-state index < -0.39 is 11.9 Å². The highest BCUT2D eigenvalue weighted by Gasteiger charge is 2.38. The lowest BCUT2D eigenvalue weighted by atomic mass is 9.97. The summed E-state index contributed by atoms with van der Waals surface area (Å²) >= 11 is 0. The Morgan fingerprint density at radius 1 is 1.19 bits per heavy atom. The van der Waals surface area contributed by atoms with E-state index >= 15 is 0 Å². The lowest BCUT2D eigenvalue weighted by molar-refractivity contribution is -0.145. The summed E-state index contributed by atoms with van der Waals surface area (Å²) in [7, 11) is 0. The molecule has 1 aliphatic heterocycles. The van der Waals surface area contributed by atoms with E-state index in [2.05, 4.69) is 11.9 Å². The first kappa shape index (κ1) is 19.6. The van der Waals surface area contributed by atoms with Crippen LogP contribution in [-0.4, -0.2) is 31.7 Å². The number of rotatable bonds is 8. The zero-order valence-corrected chi connectivity index (χ0v) is 15.5. The first-order chi connectivity index (χ1) is 12.5. The molecule has 1 heterocycles. The summed E-state index contributed by atoms with van der Waals surface area (Å²) in [5.41, 5.74) is 1.36. The summed E-state index contributed by atoms with van der Waals surface area (Å²) in [4.78, 5) is 24.4. The van der Waals surface area contributed by atoms with Crippen LogP contribution >= 0.6 is 0 Å². The molecule has 1 aromatic rings. The Kier molecular flexibility index (Phi) is 6.83. The highest BCUT2D eigenvalue weighted by atomic mass is 16.5. The van der Waals surface area contributed by atoms with Crippen molar-refractivity contribution in [3.63, 3.8) is 0 Å². The summed E-state index contributed by atoms with van der Waals surface area (Å²) < 4.78 is 16.4. The zero-order chi connectivity index (χ0) is 19.1. The van der Waals surface area contributed by atoms with Gasteiger partial charge in [0.1, 0.15) is 5.92 Å². The molecule has 0 spiro atoms. The Morgan fingerprint density at radius 3 is 2.62 bits per heavy atom. The van der Waals surface area contributed by atoms with Gasteiger partial charge in [-0.3, -0.25) is 9.59 Å². The van der Waals surface area contributed by atoms with Gasteiger partial charge in [-0.25, -0.2) is 0 Å². The van der Waals surface area contributed by atoms with Crippen LogP contribution in [-0.2, 0) is 14.3 Å². The van der Waals surface area contributed by atoms with Crippen LogP contribution in [0.4, 0.5) is 0 Å². The number of carbonyl (C=O) groups is 2. The second kappa shape index (κ2) is 9.08. The van der Waals surface area contributed by atoms with Crippen molar-refractivity contribution >= 4 is 18.0 Å². The molecule has 1 fully saturated rings. The van der Waals surface area contributed by atoms with Crippen LogP contribution < -0.4 is 14.8 Å². The quantitative estimate of drug-likeness (QED) is 0.570. The van der Waals surface area contributed by atoms with Gasteiger partial charge >= 0.3 is 5.97 Å². The molecule has 0 saturated carbocycles. The van der Waals surface area contributed by atoms with E-state index in [-0.39, 0.29) is 12.5 Å². The topological polar surface area (TPSA) is 73.9 Å². The molecule has 1 N–H and O–H groups in total. The van der Waals surface area contributed by atoms with E-state index in [0.717, 1.165) is 12.0 Å². The molecule has 6 heteroatoms. The maximum Gasteiger partial charge on any atom is 0.319 e. The highest BCUT2D eigenvalue weighted by Crippen LogP contribution is 2.32. The van der Waals surface area contributed by atoms with Crippen molar-refractivity contribution in [2.24, 2.45) is 5.92 Å². The molecular weight excluding hydrogens is 334 g/mol. The Bertz CT molecular complexity index is 723. The van der Waals surface area contributed by atoms with E-state index in [9.17, 15) is 9.59 Å². The Balaban J connectivity index is 2.37. The van der Waals surface area contributed by atoms with Crippen molar-refractivity contribution in [3.8, 4) is 11.5 Å². The molecule has 0 unspecified atom stereocenters. The fourth-order valence-corrected chi connectivity index (χ4v) is 2.65. The maximum absolute atomic E-state index is 12.2. The molecule has 0 radical (unpaired) electrons. The molecule has 0 bridgehead atoms. The van der Waals surface area contributed by atoms with Crippen molar-refractivity contribution in [1.29, 1.82) is 0 Å². The minimum absolute atomic E-state index is 0.238. The molecule has 1 saturated heterocycles. The normalized spacial score (nSPS) is 18.0. The van der Waals surface area contributed by atoms with Gasteiger partial charge < -0.3 is 19.5 Å². The predicted molar refractivity (Wildman–Crippen MR) is 98.8 cm³/mol. The molecule has 140 valence electrons. The van der Waals surface area contributed by atoms with E-state index in [0.29, 0.717) is 36.0 Å². The number of carbonyl (C=O) groups excluding carboxylic acids is 2. The lowest BCUT2D eigenvalue weighted by Crippen LogP contribution is -2.19. The largest absolute Gasteiger partial charge is 0.490 e. The van der Waals surface area contributed by atoms with E-state index in [1.165, 1.54) is 0 Å². The number of hydrogen-bond donors (Lipinski definition) is 1. The number of ether oxygens (including phenoxy) is 3. The Labute approximate surface area is 153 Å². The fourth-order valence-electron chi connectivity index (χ4n) is 2.65. The van der Waals surface area contributed by atoms with Gasteiger partial charge in [0.25, 0.3) is 5.91 Å². The van der Waals surface area contributed by atoms with Crippen LogP contribution in [0.5, 0.6) is 11.5 Å². The molecule has 1 atom stereocenters. The number of amides is 1. The second-order valence-corrected chi connectivity index (χ2v) is 5.75. The number of benzene rings is 1. The van der Waals surface area contributed by atoms with E-state index in [1.54, 1.807) is 25.1 Å². The molecule has 0 aliphatic carbocycles. The average molecular weight is 359 g/mol. The third-order valence-corrected chi connectivity index (χ3v) is 3.77. The molecule has 1 aliphatic rings. The van der Waals surface area contributed by atoms with Crippen LogP contribution in [0.1, 0.15) is 32.8 Å². The van der Waals surface area contributed by atoms with E-state index in [4.69, 9.17) is 14.2 Å². The number of esters is 1. The number of hydrogen-bond acceptors (Lipinski definition) is 5. The molecule has 2 rings (SSSR count). The minimum atomic E-state index is -0.811. The van der Waals surface area contributed by atoms with Crippen molar-refractivity contribution < 1.29 is 23.8 Å². The summed E-state index contributed by atoms with van der Waals surface area (Å²) in [5, 5.41) is 2.60. The fraction of sp³-hybridized carbons (Fsp3) is 0.400. The predicted octanol–water partition coefficient (Wildman–Crippen LogP) is 3.08. The van der Waals surface area contributed by atoms with Gasteiger partial charge in [-0.1, -0.05) is 19.6 Å². The average Bonchev–Trinajstić information content (AvgIpc) is 2.88. The van der Waals surface area contributed by atoms with Crippen LogP contribution in [0.25, 0.3) is 6.08 Å². The minimum Gasteiger partial charge on any atom is -0.490 e. The van der Waals surface area contributed by atoms with Crippen molar-refractivity contribution in [2.75, 3.05) is 19.8 Å². The van der Waals surface area contributed by atoms with Crippen LogP contribution in [0, 0.1) is 5.92 Å². The first-order valence-corrected chi connectivity index (χ1v) is 8.79. The van der Waals surface area contributed by atoms with E-state index in [1.807, 2.05) is 19.9 Å². The summed E-state index contributed by atoms with van der Waals surface area (Å²) in [6, 6.07) is 5.40. The molecular formula is C20H25NO5. The monoisotopic (exact) mass is 359 g/mol. The Morgan fingerprint density at radius 2 is 1.96 bits per heavy atom. The van der Waals surface area contributed by atoms with Gasteiger partial charge in [0, 0.05) is 11.3 Å². The maximum atomic E-state index is 12.2. The van der Waals surface area contributed by atoms with Crippen LogP contribution in [0.15, 0.2) is 36.0 Å².